The normalized spacial score (nSPS) is 21.5. The summed E-state index contributed by atoms with van der Waals surface area (Å²) in [6, 6.07) is 1.89. The van der Waals surface area contributed by atoms with E-state index < -0.39 is 23.1 Å². The van der Waals surface area contributed by atoms with Gasteiger partial charge in [-0.05, 0) is 46.1 Å². The van der Waals surface area contributed by atoms with E-state index in [1.54, 1.807) is 31.6 Å². The molecule has 2 rings (SSSR count). The van der Waals surface area contributed by atoms with Gasteiger partial charge in [-0.3, -0.25) is 9.48 Å². The highest BCUT2D eigenvalue weighted by molar-refractivity contribution is 5.78. The summed E-state index contributed by atoms with van der Waals surface area (Å²) in [4.78, 5) is 25.5. The van der Waals surface area contributed by atoms with Crippen molar-refractivity contribution in [2.45, 2.75) is 45.6 Å². The Morgan fingerprint density at radius 1 is 1.43 bits per heavy atom. The number of carbonyl (C=O) groups is 2. The van der Waals surface area contributed by atoms with Gasteiger partial charge in [0.15, 0.2) is 0 Å². The van der Waals surface area contributed by atoms with E-state index in [9.17, 15) is 14.7 Å². The van der Waals surface area contributed by atoms with Crippen molar-refractivity contribution in [3.63, 3.8) is 0 Å². The van der Waals surface area contributed by atoms with Crippen LogP contribution >= 0.6 is 0 Å². The van der Waals surface area contributed by atoms with Gasteiger partial charge < -0.3 is 14.7 Å². The lowest BCUT2D eigenvalue weighted by atomic mass is 9.82. The van der Waals surface area contributed by atoms with Crippen molar-refractivity contribution in [3.8, 4) is 0 Å². The first kappa shape index (κ1) is 17.3. The highest BCUT2D eigenvalue weighted by atomic mass is 16.6. The number of nitrogens with zero attached hydrogens (tertiary/aromatic N) is 3. The summed E-state index contributed by atoms with van der Waals surface area (Å²) >= 11 is 0. The number of aryl methyl sites for hydroxylation is 2. The van der Waals surface area contributed by atoms with E-state index in [0.717, 1.165) is 5.69 Å². The molecule has 1 fully saturated rings. The molecule has 1 aromatic rings. The fourth-order valence-electron chi connectivity index (χ4n) is 2.85. The van der Waals surface area contributed by atoms with E-state index in [1.165, 1.54) is 4.90 Å². The molecule has 0 spiro atoms. The number of hydrogen-bond acceptors (Lipinski definition) is 4. The molecule has 7 heteroatoms. The fraction of sp³-hybridized carbons (Fsp3) is 0.688. The second-order valence-corrected chi connectivity index (χ2v) is 7.18. The number of likely N-dealkylation sites (tertiary alicyclic amines) is 1. The molecule has 1 saturated heterocycles. The first-order valence-corrected chi connectivity index (χ1v) is 7.81. The van der Waals surface area contributed by atoms with E-state index in [4.69, 9.17) is 4.74 Å². The van der Waals surface area contributed by atoms with Gasteiger partial charge in [0.05, 0.1) is 5.41 Å². The highest BCUT2D eigenvalue weighted by Crippen LogP contribution is 2.36. The minimum Gasteiger partial charge on any atom is -0.481 e. The Kier molecular flexibility index (Phi) is 4.68. The van der Waals surface area contributed by atoms with Gasteiger partial charge in [-0.25, -0.2) is 4.79 Å². The van der Waals surface area contributed by atoms with Gasteiger partial charge in [0.1, 0.15) is 5.60 Å². The van der Waals surface area contributed by atoms with Crippen LogP contribution in [0.15, 0.2) is 12.3 Å². The van der Waals surface area contributed by atoms with Crippen LogP contribution in [-0.2, 0) is 23.0 Å². The third-order valence-electron chi connectivity index (χ3n) is 4.24. The predicted octanol–water partition coefficient (Wildman–Crippen LogP) is 2.06. The minimum atomic E-state index is -0.916. The Bertz CT molecular complexity index is 590. The van der Waals surface area contributed by atoms with Crippen LogP contribution in [0.5, 0.6) is 0 Å². The number of carboxylic acids is 1. The number of carbonyl (C=O) groups excluding carboxylic acids is 1. The number of hydrogen-bond donors (Lipinski definition) is 1. The number of aromatic nitrogens is 2. The lowest BCUT2D eigenvalue weighted by Crippen LogP contribution is -2.39. The summed E-state index contributed by atoms with van der Waals surface area (Å²) in [6.45, 7) is 6.00. The molecule has 0 bridgehead atoms. The molecule has 1 aromatic heterocycles. The van der Waals surface area contributed by atoms with Gasteiger partial charge in [-0.1, -0.05) is 0 Å². The van der Waals surface area contributed by atoms with Gasteiger partial charge in [0.25, 0.3) is 0 Å². The van der Waals surface area contributed by atoms with Crippen LogP contribution in [0.1, 0.15) is 39.3 Å². The first-order chi connectivity index (χ1) is 10.6. The Balaban J connectivity index is 2.04. The van der Waals surface area contributed by atoms with E-state index in [0.29, 0.717) is 25.8 Å². The zero-order valence-electron chi connectivity index (χ0n) is 14.2. The van der Waals surface area contributed by atoms with Gasteiger partial charge in [-0.15, -0.1) is 0 Å². The topological polar surface area (TPSA) is 84.7 Å². The van der Waals surface area contributed by atoms with Crippen molar-refractivity contribution in [3.05, 3.63) is 18.0 Å². The number of ether oxygens (including phenoxy) is 1. The van der Waals surface area contributed by atoms with Crippen LogP contribution in [0, 0.1) is 5.41 Å². The van der Waals surface area contributed by atoms with Gasteiger partial charge >= 0.3 is 12.1 Å². The zero-order valence-corrected chi connectivity index (χ0v) is 14.2. The first-order valence-electron chi connectivity index (χ1n) is 7.81. The molecule has 1 aliphatic rings. The van der Waals surface area contributed by atoms with Crippen LogP contribution in [0.4, 0.5) is 4.79 Å². The van der Waals surface area contributed by atoms with Gasteiger partial charge in [0, 0.05) is 32.0 Å². The molecular formula is C16H25N3O4. The fourth-order valence-corrected chi connectivity index (χ4v) is 2.85. The van der Waals surface area contributed by atoms with Gasteiger partial charge in [-0.2, -0.15) is 5.10 Å². The summed E-state index contributed by atoms with van der Waals surface area (Å²) in [5.74, 6) is -0.856. The van der Waals surface area contributed by atoms with E-state index >= 15 is 0 Å². The largest absolute Gasteiger partial charge is 0.481 e. The molecule has 0 aromatic carbocycles. The molecule has 7 nitrogen and oxygen atoms in total. The lowest BCUT2D eigenvalue weighted by Gasteiger charge is -2.27. The van der Waals surface area contributed by atoms with Crippen molar-refractivity contribution in [2.24, 2.45) is 12.5 Å². The molecule has 0 saturated carbocycles. The molecule has 1 aliphatic heterocycles. The van der Waals surface area contributed by atoms with Crippen molar-refractivity contribution < 1.29 is 19.4 Å². The molecule has 1 amide bonds. The summed E-state index contributed by atoms with van der Waals surface area (Å²) in [5.41, 5.74) is -0.511. The average Bonchev–Trinajstić information content (AvgIpc) is 3.02. The maximum absolute atomic E-state index is 12.2. The Labute approximate surface area is 136 Å². The number of amides is 1. The Morgan fingerprint density at radius 3 is 2.65 bits per heavy atom. The summed E-state index contributed by atoms with van der Waals surface area (Å²) in [6.07, 6.45) is 2.79. The van der Waals surface area contributed by atoms with E-state index in [-0.39, 0.29) is 6.54 Å². The van der Waals surface area contributed by atoms with Crippen LogP contribution in [0.3, 0.4) is 0 Å². The van der Waals surface area contributed by atoms with Crippen molar-refractivity contribution in [2.75, 3.05) is 13.1 Å². The second-order valence-electron chi connectivity index (χ2n) is 7.18. The average molecular weight is 323 g/mol. The summed E-state index contributed by atoms with van der Waals surface area (Å²) < 4.78 is 7.09. The molecule has 1 N–H and O–H groups in total. The molecule has 128 valence electrons. The highest BCUT2D eigenvalue weighted by Gasteiger charge is 2.46. The third kappa shape index (κ3) is 4.03. The van der Waals surface area contributed by atoms with Crippen molar-refractivity contribution in [1.82, 2.24) is 14.7 Å². The molecule has 1 unspecified atom stereocenters. The van der Waals surface area contributed by atoms with Crippen molar-refractivity contribution in [1.29, 1.82) is 0 Å². The molecule has 23 heavy (non-hydrogen) atoms. The number of rotatable bonds is 4. The zero-order chi connectivity index (χ0) is 17.3. The predicted molar refractivity (Wildman–Crippen MR) is 84.0 cm³/mol. The van der Waals surface area contributed by atoms with Crippen LogP contribution in [0.2, 0.25) is 0 Å². The molecular weight excluding hydrogens is 298 g/mol. The quantitative estimate of drug-likeness (QED) is 0.917. The number of carboxylic acid groups (broad SMARTS) is 1. The Hall–Kier alpha value is -2.05. The maximum atomic E-state index is 12.2. The third-order valence-corrected chi connectivity index (χ3v) is 4.24. The monoisotopic (exact) mass is 323 g/mol. The van der Waals surface area contributed by atoms with Crippen molar-refractivity contribution >= 4 is 12.1 Å². The molecule has 2 heterocycles. The minimum absolute atomic E-state index is 0.190. The van der Waals surface area contributed by atoms with E-state index in [2.05, 4.69) is 5.10 Å². The number of aliphatic carboxylic acids is 1. The van der Waals surface area contributed by atoms with E-state index in [1.807, 2.05) is 13.1 Å². The Morgan fingerprint density at radius 2 is 2.13 bits per heavy atom. The lowest BCUT2D eigenvalue weighted by molar-refractivity contribution is -0.148. The van der Waals surface area contributed by atoms with Gasteiger partial charge in [0.2, 0.25) is 0 Å². The van der Waals surface area contributed by atoms with Crippen LogP contribution in [0.25, 0.3) is 0 Å². The maximum Gasteiger partial charge on any atom is 0.410 e. The summed E-state index contributed by atoms with van der Waals surface area (Å²) in [5, 5.41) is 13.8. The van der Waals surface area contributed by atoms with Crippen LogP contribution in [-0.4, -0.2) is 50.5 Å². The smallest absolute Gasteiger partial charge is 0.410 e. The molecule has 0 aliphatic carbocycles. The standard InChI is InChI=1S/C16H25N3O4/c1-15(2,3)23-14(22)19-10-8-16(11-19,13(20)21)7-5-12-6-9-17-18(12)4/h6,9H,5,7-8,10-11H2,1-4H3,(H,20,21). The summed E-state index contributed by atoms with van der Waals surface area (Å²) in [7, 11) is 1.84. The SMILES string of the molecule is Cn1nccc1CCC1(C(=O)O)CCN(C(=O)OC(C)(C)C)C1. The molecule has 0 radical (unpaired) electrons. The molecule has 1 atom stereocenters. The van der Waals surface area contributed by atoms with Crippen LogP contribution < -0.4 is 0 Å². The second kappa shape index (κ2) is 6.22.